The van der Waals surface area contributed by atoms with Crippen molar-refractivity contribution in [2.75, 3.05) is 13.2 Å². The molecule has 0 radical (unpaired) electrons. The summed E-state index contributed by atoms with van der Waals surface area (Å²) in [6, 6.07) is 0. The minimum atomic E-state index is 0.0608. The van der Waals surface area contributed by atoms with Gasteiger partial charge < -0.3 is 10.5 Å². The molecule has 1 aliphatic heterocycles. The van der Waals surface area contributed by atoms with E-state index in [1.807, 2.05) is 0 Å². The highest BCUT2D eigenvalue weighted by molar-refractivity contribution is 5.83. The number of ketones is 1. The summed E-state index contributed by atoms with van der Waals surface area (Å²) >= 11 is 0. The van der Waals surface area contributed by atoms with Gasteiger partial charge in [-0.3, -0.25) is 4.79 Å². The van der Waals surface area contributed by atoms with Crippen molar-refractivity contribution in [3.63, 3.8) is 0 Å². The van der Waals surface area contributed by atoms with Gasteiger partial charge in [-0.25, -0.2) is 0 Å². The molecule has 3 fully saturated rings. The lowest BCUT2D eigenvalue weighted by Crippen LogP contribution is -2.44. The lowest BCUT2D eigenvalue weighted by atomic mass is 9.70. The molecule has 2 N–H and O–H groups in total. The van der Waals surface area contributed by atoms with E-state index in [-0.39, 0.29) is 11.5 Å². The molecule has 3 heteroatoms. The van der Waals surface area contributed by atoms with E-state index in [4.69, 9.17) is 10.5 Å². The maximum absolute atomic E-state index is 12.9. The molecule has 2 aliphatic carbocycles. The Balaban J connectivity index is 1.57. The molecule has 3 nitrogen and oxygen atoms in total. The third-order valence-electron chi connectivity index (χ3n) is 6.24. The number of Topliss-reactive ketones (excluding diaryl/α,β-unsaturated/α-hetero) is 1. The summed E-state index contributed by atoms with van der Waals surface area (Å²) < 4.78 is 6.14. The van der Waals surface area contributed by atoms with Crippen molar-refractivity contribution in [2.45, 2.75) is 76.2 Å². The van der Waals surface area contributed by atoms with Crippen LogP contribution in [0, 0.1) is 17.8 Å². The van der Waals surface area contributed by atoms with Crippen molar-refractivity contribution in [1.29, 1.82) is 0 Å². The summed E-state index contributed by atoms with van der Waals surface area (Å²) in [6.45, 7) is 1.59. The van der Waals surface area contributed by atoms with E-state index in [0.29, 0.717) is 17.6 Å². The van der Waals surface area contributed by atoms with Gasteiger partial charge in [-0.2, -0.15) is 0 Å². The van der Waals surface area contributed by atoms with E-state index in [0.717, 1.165) is 51.7 Å². The molecule has 120 valence electrons. The van der Waals surface area contributed by atoms with E-state index < -0.39 is 0 Å². The lowest BCUT2D eigenvalue weighted by molar-refractivity contribution is -0.147. The number of carbonyl (C=O) groups excluding carboxylic acids is 1. The number of hydrogen-bond acceptors (Lipinski definition) is 3. The van der Waals surface area contributed by atoms with E-state index in [9.17, 15) is 4.79 Å². The Morgan fingerprint density at radius 3 is 2.38 bits per heavy atom. The summed E-state index contributed by atoms with van der Waals surface area (Å²) in [7, 11) is 0. The Bertz CT molecular complexity index is 349. The van der Waals surface area contributed by atoms with Gasteiger partial charge in [-0.15, -0.1) is 0 Å². The average molecular weight is 293 g/mol. The Labute approximate surface area is 129 Å². The molecule has 3 rings (SSSR count). The van der Waals surface area contributed by atoms with Crippen LogP contribution in [0.4, 0.5) is 0 Å². The third-order valence-corrected chi connectivity index (χ3v) is 6.24. The Morgan fingerprint density at radius 2 is 1.71 bits per heavy atom. The Morgan fingerprint density at radius 1 is 1.00 bits per heavy atom. The van der Waals surface area contributed by atoms with Crippen molar-refractivity contribution in [3.05, 3.63) is 0 Å². The molecule has 1 spiro atoms. The summed E-state index contributed by atoms with van der Waals surface area (Å²) in [4.78, 5) is 12.9. The average Bonchev–Trinajstić information content (AvgIpc) is 2.55. The molecule has 1 saturated heterocycles. The first-order valence-electron chi connectivity index (χ1n) is 9.10. The maximum Gasteiger partial charge on any atom is 0.139 e. The normalized spacial score (nSPS) is 36.5. The molecule has 0 aromatic carbocycles. The number of hydrogen-bond donors (Lipinski definition) is 1. The Kier molecular flexibility index (Phi) is 5.00. The molecular weight excluding hydrogens is 262 g/mol. The molecule has 21 heavy (non-hydrogen) atoms. The zero-order valence-corrected chi connectivity index (χ0v) is 13.3. The van der Waals surface area contributed by atoms with Crippen LogP contribution < -0.4 is 5.73 Å². The zero-order chi connectivity index (χ0) is 14.7. The summed E-state index contributed by atoms with van der Waals surface area (Å²) in [5, 5.41) is 0. The summed E-state index contributed by atoms with van der Waals surface area (Å²) in [5.41, 5.74) is 5.82. The fourth-order valence-corrected chi connectivity index (χ4v) is 4.83. The fraction of sp³-hybridized carbons (Fsp3) is 0.944. The monoisotopic (exact) mass is 293 g/mol. The highest BCUT2D eigenvalue weighted by atomic mass is 16.5. The van der Waals surface area contributed by atoms with Crippen LogP contribution >= 0.6 is 0 Å². The summed E-state index contributed by atoms with van der Waals surface area (Å²) in [6.07, 6.45) is 12.7. The van der Waals surface area contributed by atoms with Crippen LogP contribution in [0.5, 0.6) is 0 Å². The van der Waals surface area contributed by atoms with Crippen LogP contribution in [0.15, 0.2) is 0 Å². The number of nitrogens with two attached hydrogens (primary N) is 1. The lowest BCUT2D eigenvalue weighted by Gasteiger charge is -2.44. The van der Waals surface area contributed by atoms with Gasteiger partial charge in [0, 0.05) is 18.4 Å². The van der Waals surface area contributed by atoms with Gasteiger partial charge in [0.1, 0.15) is 5.78 Å². The molecule has 1 heterocycles. The fourth-order valence-electron chi connectivity index (χ4n) is 4.83. The van der Waals surface area contributed by atoms with Gasteiger partial charge in [0.05, 0.1) is 5.60 Å². The van der Waals surface area contributed by atoms with Crippen LogP contribution in [0.2, 0.25) is 0 Å². The predicted molar refractivity (Wildman–Crippen MR) is 84.0 cm³/mol. The first-order valence-corrected chi connectivity index (χ1v) is 9.10. The molecule has 0 aromatic heterocycles. The second kappa shape index (κ2) is 6.78. The van der Waals surface area contributed by atoms with Gasteiger partial charge in [0.2, 0.25) is 0 Å². The molecule has 0 aromatic rings. The van der Waals surface area contributed by atoms with Crippen molar-refractivity contribution in [1.82, 2.24) is 0 Å². The minimum absolute atomic E-state index is 0.0608. The van der Waals surface area contributed by atoms with Crippen LogP contribution in [0.1, 0.15) is 70.6 Å². The molecule has 1 unspecified atom stereocenters. The highest BCUT2D eigenvalue weighted by Gasteiger charge is 2.42. The van der Waals surface area contributed by atoms with E-state index >= 15 is 0 Å². The van der Waals surface area contributed by atoms with Gasteiger partial charge in [0.15, 0.2) is 0 Å². The highest BCUT2D eigenvalue weighted by Crippen LogP contribution is 2.42. The van der Waals surface area contributed by atoms with Gasteiger partial charge in [0.25, 0.3) is 0 Å². The van der Waals surface area contributed by atoms with Gasteiger partial charge in [-0.05, 0) is 63.8 Å². The largest absolute Gasteiger partial charge is 0.375 e. The zero-order valence-electron chi connectivity index (χ0n) is 13.3. The minimum Gasteiger partial charge on any atom is -0.375 e. The standard InChI is InChI=1S/C18H31NO2/c19-13-14-4-6-15(7-5-14)17(20)16-8-11-21-18(12-16)9-2-1-3-10-18/h14-16H,1-13,19H2. The smallest absolute Gasteiger partial charge is 0.139 e. The van der Waals surface area contributed by atoms with Crippen molar-refractivity contribution in [3.8, 4) is 0 Å². The molecule has 0 bridgehead atoms. The topological polar surface area (TPSA) is 52.3 Å². The van der Waals surface area contributed by atoms with Crippen molar-refractivity contribution >= 4 is 5.78 Å². The number of carbonyl (C=O) groups is 1. The SMILES string of the molecule is NCC1CCC(C(=O)C2CCOC3(CCCCC3)C2)CC1. The quantitative estimate of drug-likeness (QED) is 0.867. The summed E-state index contributed by atoms with van der Waals surface area (Å²) in [5.74, 6) is 1.81. The maximum atomic E-state index is 12.9. The second-order valence-corrected chi connectivity index (χ2v) is 7.64. The molecular formula is C18H31NO2. The third kappa shape index (κ3) is 3.50. The van der Waals surface area contributed by atoms with E-state index in [1.165, 1.54) is 32.1 Å². The number of ether oxygens (including phenoxy) is 1. The Hall–Kier alpha value is -0.410. The first kappa shape index (κ1) is 15.5. The van der Waals surface area contributed by atoms with E-state index in [1.54, 1.807) is 0 Å². The van der Waals surface area contributed by atoms with Crippen LogP contribution in [0.3, 0.4) is 0 Å². The van der Waals surface area contributed by atoms with E-state index in [2.05, 4.69) is 0 Å². The van der Waals surface area contributed by atoms with Crippen molar-refractivity contribution < 1.29 is 9.53 Å². The predicted octanol–water partition coefficient (Wildman–Crippen LogP) is 3.45. The molecule has 0 amide bonds. The van der Waals surface area contributed by atoms with Crippen molar-refractivity contribution in [2.24, 2.45) is 23.5 Å². The number of rotatable bonds is 3. The van der Waals surface area contributed by atoms with Crippen LogP contribution in [-0.4, -0.2) is 24.5 Å². The molecule has 1 atom stereocenters. The first-order chi connectivity index (χ1) is 10.2. The molecule has 3 aliphatic rings. The van der Waals surface area contributed by atoms with Gasteiger partial charge in [-0.1, -0.05) is 19.3 Å². The van der Waals surface area contributed by atoms with Crippen LogP contribution in [0.25, 0.3) is 0 Å². The van der Waals surface area contributed by atoms with Gasteiger partial charge >= 0.3 is 0 Å². The molecule has 2 saturated carbocycles. The van der Waals surface area contributed by atoms with Crippen LogP contribution in [-0.2, 0) is 9.53 Å². The second-order valence-electron chi connectivity index (χ2n) is 7.64.